The molecule has 106 valence electrons. The second-order valence-electron chi connectivity index (χ2n) is 4.72. The van der Waals surface area contributed by atoms with Crippen LogP contribution in [0.5, 0.6) is 0 Å². The fraction of sp³-hybridized carbons (Fsp3) is 0.200. The van der Waals surface area contributed by atoms with E-state index in [1.165, 1.54) is 12.1 Å². The van der Waals surface area contributed by atoms with Crippen LogP contribution in [0.1, 0.15) is 22.7 Å². The van der Waals surface area contributed by atoms with E-state index in [9.17, 15) is 4.39 Å². The van der Waals surface area contributed by atoms with Gasteiger partial charge in [-0.15, -0.1) is 0 Å². The van der Waals surface area contributed by atoms with E-state index in [2.05, 4.69) is 21.4 Å². The van der Waals surface area contributed by atoms with Crippen LogP contribution >= 0.6 is 27.5 Å². The van der Waals surface area contributed by atoms with Gasteiger partial charge in [0.25, 0.3) is 0 Å². The highest BCUT2D eigenvalue weighted by atomic mass is 79.9. The molecule has 2 nitrogen and oxygen atoms in total. The molecule has 0 aromatic heterocycles. The molecule has 0 aliphatic rings. The first kappa shape index (κ1) is 15.4. The molecule has 1 atom stereocenters. The number of aryl methyl sites for hydroxylation is 1. The fourth-order valence-electron chi connectivity index (χ4n) is 2.15. The van der Waals surface area contributed by atoms with Gasteiger partial charge < -0.3 is 0 Å². The molecule has 2 aromatic rings. The monoisotopic (exact) mass is 356 g/mol. The van der Waals surface area contributed by atoms with Gasteiger partial charge in [0.1, 0.15) is 5.82 Å². The molecular weight excluding hydrogens is 343 g/mol. The summed E-state index contributed by atoms with van der Waals surface area (Å²) in [6.45, 7) is 1.85. The van der Waals surface area contributed by atoms with Gasteiger partial charge in [-0.1, -0.05) is 39.7 Å². The van der Waals surface area contributed by atoms with Gasteiger partial charge in [-0.25, -0.2) is 4.39 Å². The topological polar surface area (TPSA) is 38.0 Å². The normalized spacial score (nSPS) is 12.4. The van der Waals surface area contributed by atoms with Gasteiger partial charge in [-0.05, 0) is 54.3 Å². The number of rotatable bonds is 4. The largest absolute Gasteiger partial charge is 0.271 e. The summed E-state index contributed by atoms with van der Waals surface area (Å²) in [7, 11) is 0. The van der Waals surface area contributed by atoms with E-state index in [-0.39, 0.29) is 11.9 Å². The minimum atomic E-state index is -0.262. The molecule has 0 heterocycles. The third kappa shape index (κ3) is 3.79. The van der Waals surface area contributed by atoms with Crippen molar-refractivity contribution in [3.63, 3.8) is 0 Å². The Balaban J connectivity index is 2.28. The van der Waals surface area contributed by atoms with E-state index in [1.54, 1.807) is 0 Å². The summed E-state index contributed by atoms with van der Waals surface area (Å²) in [4.78, 5) is 0. The second kappa shape index (κ2) is 6.68. The zero-order valence-electron chi connectivity index (χ0n) is 11.0. The van der Waals surface area contributed by atoms with Crippen LogP contribution in [0.2, 0.25) is 5.02 Å². The summed E-state index contributed by atoms with van der Waals surface area (Å²) < 4.78 is 14.4. The SMILES string of the molecule is Cc1cc(F)cc(C(Cc2ccc(Br)cc2Cl)NN)c1. The van der Waals surface area contributed by atoms with Crippen LogP contribution in [0.4, 0.5) is 4.39 Å². The lowest BCUT2D eigenvalue weighted by molar-refractivity contribution is 0.544. The Bertz CT molecular complexity index is 599. The number of hydrogen-bond acceptors (Lipinski definition) is 2. The van der Waals surface area contributed by atoms with Crippen LogP contribution in [-0.4, -0.2) is 0 Å². The molecule has 1 unspecified atom stereocenters. The second-order valence-corrected chi connectivity index (χ2v) is 6.04. The lowest BCUT2D eigenvalue weighted by Crippen LogP contribution is -2.29. The van der Waals surface area contributed by atoms with Crippen LogP contribution in [0, 0.1) is 12.7 Å². The Morgan fingerprint density at radius 2 is 2.05 bits per heavy atom. The number of nitrogens with one attached hydrogen (secondary N) is 1. The average Bonchev–Trinajstić information content (AvgIpc) is 2.36. The first-order valence-corrected chi connectivity index (χ1v) is 7.34. The van der Waals surface area contributed by atoms with Gasteiger partial charge in [0.2, 0.25) is 0 Å². The van der Waals surface area contributed by atoms with Crippen LogP contribution in [0.3, 0.4) is 0 Å². The molecule has 0 radical (unpaired) electrons. The van der Waals surface area contributed by atoms with Gasteiger partial charge in [-0.3, -0.25) is 11.3 Å². The Hall–Kier alpha value is -0.940. The maximum atomic E-state index is 13.5. The van der Waals surface area contributed by atoms with Crippen molar-refractivity contribution < 1.29 is 4.39 Å². The van der Waals surface area contributed by atoms with E-state index >= 15 is 0 Å². The van der Waals surface area contributed by atoms with Crippen LogP contribution in [-0.2, 0) is 6.42 Å². The van der Waals surface area contributed by atoms with E-state index in [1.807, 2.05) is 31.2 Å². The predicted octanol–water partition coefficient (Wildman–Crippen LogP) is 4.30. The van der Waals surface area contributed by atoms with E-state index in [4.69, 9.17) is 17.4 Å². The molecule has 0 spiro atoms. The smallest absolute Gasteiger partial charge is 0.123 e. The summed E-state index contributed by atoms with van der Waals surface area (Å²) >= 11 is 9.58. The molecule has 0 amide bonds. The first-order chi connectivity index (χ1) is 9.49. The summed E-state index contributed by atoms with van der Waals surface area (Å²) in [5.74, 6) is 5.35. The number of halogens is 3. The molecule has 0 bridgehead atoms. The van der Waals surface area contributed by atoms with Crippen molar-refractivity contribution in [2.24, 2.45) is 5.84 Å². The summed E-state index contributed by atoms with van der Waals surface area (Å²) in [5.41, 5.74) is 5.36. The van der Waals surface area contributed by atoms with Crippen molar-refractivity contribution in [3.05, 3.63) is 68.4 Å². The molecule has 20 heavy (non-hydrogen) atoms. The van der Waals surface area contributed by atoms with Gasteiger partial charge >= 0.3 is 0 Å². The minimum absolute atomic E-state index is 0.192. The van der Waals surface area contributed by atoms with Crippen LogP contribution in [0.15, 0.2) is 40.9 Å². The third-order valence-corrected chi connectivity index (χ3v) is 3.95. The molecule has 0 aliphatic heterocycles. The van der Waals surface area contributed by atoms with Crippen molar-refractivity contribution in [2.75, 3.05) is 0 Å². The molecule has 0 aliphatic carbocycles. The Labute approximate surface area is 131 Å². The average molecular weight is 358 g/mol. The third-order valence-electron chi connectivity index (χ3n) is 3.11. The zero-order chi connectivity index (χ0) is 14.7. The molecule has 0 fully saturated rings. The summed E-state index contributed by atoms with van der Waals surface area (Å²) in [5, 5.41) is 0.660. The van der Waals surface area contributed by atoms with Crippen LogP contribution in [0.25, 0.3) is 0 Å². The van der Waals surface area contributed by atoms with Crippen LogP contribution < -0.4 is 11.3 Å². The molecule has 2 rings (SSSR count). The van der Waals surface area contributed by atoms with E-state index in [0.717, 1.165) is 21.2 Å². The maximum absolute atomic E-state index is 13.5. The molecule has 0 saturated carbocycles. The van der Waals surface area contributed by atoms with Gasteiger partial charge in [0.05, 0.1) is 6.04 Å². The number of hydrazine groups is 1. The van der Waals surface area contributed by atoms with Crippen molar-refractivity contribution in [1.29, 1.82) is 0 Å². The Kier molecular flexibility index (Phi) is 5.16. The lowest BCUT2D eigenvalue weighted by atomic mass is 9.98. The quantitative estimate of drug-likeness (QED) is 0.632. The predicted molar refractivity (Wildman–Crippen MR) is 84.1 cm³/mol. The summed E-state index contributed by atoms with van der Waals surface area (Å²) in [6, 6.07) is 10.4. The molecule has 2 aromatic carbocycles. The van der Waals surface area contributed by atoms with Crippen molar-refractivity contribution in [1.82, 2.24) is 5.43 Å². The molecule has 3 N–H and O–H groups in total. The van der Waals surface area contributed by atoms with Crippen molar-refractivity contribution >= 4 is 27.5 Å². The maximum Gasteiger partial charge on any atom is 0.123 e. The summed E-state index contributed by atoms with van der Waals surface area (Å²) in [6.07, 6.45) is 0.589. The zero-order valence-corrected chi connectivity index (χ0v) is 13.3. The lowest BCUT2D eigenvalue weighted by Gasteiger charge is -2.18. The molecular formula is C15H15BrClFN2. The van der Waals surface area contributed by atoms with Crippen molar-refractivity contribution in [3.8, 4) is 0 Å². The van der Waals surface area contributed by atoms with E-state index in [0.29, 0.717) is 11.4 Å². The highest BCUT2D eigenvalue weighted by Gasteiger charge is 2.14. The highest BCUT2D eigenvalue weighted by Crippen LogP contribution is 2.26. The number of hydrogen-bond donors (Lipinski definition) is 2. The highest BCUT2D eigenvalue weighted by molar-refractivity contribution is 9.10. The standard InChI is InChI=1S/C15H15BrClFN2/c1-9-4-11(6-13(18)5-9)15(20-19)7-10-2-3-12(16)8-14(10)17/h2-6,8,15,20H,7,19H2,1H3. The number of benzene rings is 2. The van der Waals surface area contributed by atoms with Gasteiger partial charge in [0.15, 0.2) is 0 Å². The minimum Gasteiger partial charge on any atom is -0.271 e. The number of nitrogens with two attached hydrogens (primary N) is 1. The van der Waals surface area contributed by atoms with Gasteiger partial charge in [0, 0.05) is 9.50 Å². The molecule has 0 saturated heterocycles. The Morgan fingerprint density at radius 3 is 2.65 bits per heavy atom. The van der Waals surface area contributed by atoms with E-state index < -0.39 is 0 Å². The van der Waals surface area contributed by atoms with Crippen molar-refractivity contribution in [2.45, 2.75) is 19.4 Å². The molecule has 5 heteroatoms. The fourth-order valence-corrected chi connectivity index (χ4v) is 2.90. The Morgan fingerprint density at radius 1 is 1.30 bits per heavy atom. The first-order valence-electron chi connectivity index (χ1n) is 6.16. The van der Waals surface area contributed by atoms with Gasteiger partial charge in [-0.2, -0.15) is 0 Å².